The number of nitrogens with zero attached hydrogens (tertiary/aromatic N) is 2. The minimum atomic E-state index is 0.601. The lowest BCUT2D eigenvalue weighted by molar-refractivity contribution is 0.419. The quantitative estimate of drug-likeness (QED) is 0.877. The number of hydrogen-bond acceptors (Lipinski definition) is 4. The summed E-state index contributed by atoms with van der Waals surface area (Å²) in [5.74, 6) is 0. The highest BCUT2D eigenvalue weighted by Crippen LogP contribution is 2.29. The van der Waals surface area contributed by atoms with Gasteiger partial charge in [0.2, 0.25) is 0 Å². The van der Waals surface area contributed by atoms with Crippen molar-refractivity contribution in [2.45, 2.75) is 87.6 Å². The minimum absolute atomic E-state index is 0.601. The topological polar surface area (TPSA) is 53.6 Å². The van der Waals surface area contributed by atoms with Gasteiger partial charge in [0.05, 0.1) is 0 Å². The molecule has 0 bridgehead atoms. The Morgan fingerprint density at radius 2 is 1.76 bits per heavy atom. The number of aromatic nitrogens is 3. The van der Waals surface area contributed by atoms with Crippen LogP contribution in [-0.4, -0.2) is 33.0 Å². The zero-order chi connectivity index (χ0) is 14.8. The molecule has 1 saturated carbocycles. The number of thioether (sulfide) groups is 1. The van der Waals surface area contributed by atoms with E-state index in [-0.39, 0.29) is 0 Å². The fourth-order valence-electron chi connectivity index (χ4n) is 3.19. The van der Waals surface area contributed by atoms with Crippen LogP contribution < -0.4 is 5.32 Å². The van der Waals surface area contributed by atoms with Crippen LogP contribution in [0.1, 0.15) is 71.1 Å². The summed E-state index contributed by atoms with van der Waals surface area (Å²) in [4.78, 5) is 4.30. The highest BCUT2D eigenvalue weighted by molar-refractivity contribution is 7.99. The van der Waals surface area contributed by atoms with Crippen LogP contribution in [-0.2, 0) is 0 Å². The molecule has 120 valence electrons. The summed E-state index contributed by atoms with van der Waals surface area (Å²) in [6.07, 6.45) is 15.3. The smallest absolute Gasteiger partial charge is 0.183 e. The summed E-state index contributed by atoms with van der Waals surface area (Å²) >= 11 is 1.88. The Bertz CT molecular complexity index is 355. The third-order valence-electron chi connectivity index (χ3n) is 4.32. The van der Waals surface area contributed by atoms with Gasteiger partial charge in [0.25, 0.3) is 0 Å². The van der Waals surface area contributed by atoms with Crippen molar-refractivity contribution in [3.05, 3.63) is 6.33 Å². The molecule has 1 heterocycles. The Kier molecular flexibility index (Phi) is 8.18. The van der Waals surface area contributed by atoms with Crippen LogP contribution in [0.3, 0.4) is 0 Å². The molecule has 1 aromatic rings. The molecular formula is C16H30N4S. The standard InChI is InChI=1S/C16H30N4S/c1-2-17-14-11-9-7-5-3-4-6-8-10-12-15(14)21-16-18-13-19-20-16/h13-15,17H,2-12H2,1H3,(H,18,19,20). The number of aromatic amines is 1. The average molecular weight is 311 g/mol. The van der Waals surface area contributed by atoms with E-state index in [1.165, 1.54) is 64.2 Å². The van der Waals surface area contributed by atoms with E-state index in [0.717, 1.165) is 11.7 Å². The Labute approximate surface area is 133 Å². The highest BCUT2D eigenvalue weighted by Gasteiger charge is 2.22. The van der Waals surface area contributed by atoms with E-state index in [4.69, 9.17) is 0 Å². The summed E-state index contributed by atoms with van der Waals surface area (Å²) in [5, 5.41) is 12.3. The summed E-state index contributed by atoms with van der Waals surface area (Å²) in [7, 11) is 0. The van der Waals surface area contributed by atoms with Crippen LogP contribution in [0.5, 0.6) is 0 Å². The minimum Gasteiger partial charge on any atom is -0.313 e. The number of hydrogen-bond donors (Lipinski definition) is 2. The van der Waals surface area contributed by atoms with Crippen LogP contribution >= 0.6 is 11.8 Å². The highest BCUT2D eigenvalue weighted by atomic mass is 32.2. The molecule has 1 aliphatic rings. The Hall–Kier alpha value is -0.550. The van der Waals surface area contributed by atoms with Gasteiger partial charge in [-0.1, -0.05) is 70.1 Å². The van der Waals surface area contributed by atoms with Gasteiger partial charge < -0.3 is 5.32 Å². The Balaban J connectivity index is 1.95. The zero-order valence-electron chi connectivity index (χ0n) is 13.3. The van der Waals surface area contributed by atoms with Crippen molar-refractivity contribution in [2.75, 3.05) is 6.54 Å². The van der Waals surface area contributed by atoms with Crippen LogP contribution in [0.2, 0.25) is 0 Å². The molecule has 21 heavy (non-hydrogen) atoms. The summed E-state index contributed by atoms with van der Waals surface area (Å²) in [5.41, 5.74) is 0. The van der Waals surface area contributed by atoms with Gasteiger partial charge in [-0.25, -0.2) is 4.98 Å². The summed E-state index contributed by atoms with van der Waals surface area (Å²) in [6, 6.07) is 0.601. The first-order valence-corrected chi connectivity index (χ1v) is 9.53. The van der Waals surface area contributed by atoms with Gasteiger partial charge in [-0.15, -0.1) is 0 Å². The fraction of sp³-hybridized carbons (Fsp3) is 0.875. The largest absolute Gasteiger partial charge is 0.313 e. The van der Waals surface area contributed by atoms with Gasteiger partial charge in [-0.2, -0.15) is 5.10 Å². The molecule has 1 aromatic heterocycles. The number of H-pyrrole nitrogens is 1. The van der Waals surface area contributed by atoms with Crippen LogP contribution in [0.25, 0.3) is 0 Å². The lowest BCUT2D eigenvalue weighted by Gasteiger charge is -2.27. The molecule has 0 saturated heterocycles. The predicted molar refractivity (Wildman–Crippen MR) is 89.7 cm³/mol. The molecule has 2 atom stereocenters. The third-order valence-corrected chi connectivity index (χ3v) is 5.61. The summed E-state index contributed by atoms with van der Waals surface area (Å²) < 4.78 is 0. The Morgan fingerprint density at radius 3 is 2.38 bits per heavy atom. The number of rotatable bonds is 4. The van der Waals surface area contributed by atoms with Gasteiger partial charge in [0.1, 0.15) is 6.33 Å². The van der Waals surface area contributed by atoms with Crippen molar-refractivity contribution in [2.24, 2.45) is 0 Å². The molecule has 5 heteroatoms. The molecule has 2 N–H and O–H groups in total. The van der Waals surface area contributed by atoms with E-state index in [1.54, 1.807) is 6.33 Å². The molecule has 1 fully saturated rings. The van der Waals surface area contributed by atoms with Crippen molar-refractivity contribution in [3.8, 4) is 0 Å². The first kappa shape index (κ1) is 16.8. The third kappa shape index (κ3) is 6.39. The monoisotopic (exact) mass is 310 g/mol. The number of nitrogens with one attached hydrogen (secondary N) is 2. The predicted octanol–water partition coefficient (Wildman–Crippen LogP) is 4.16. The van der Waals surface area contributed by atoms with Gasteiger partial charge in [-0.3, -0.25) is 5.10 Å². The molecule has 0 amide bonds. The maximum atomic E-state index is 4.30. The molecule has 1 aliphatic carbocycles. The molecule has 2 rings (SSSR count). The van der Waals surface area contributed by atoms with E-state index in [2.05, 4.69) is 27.4 Å². The fourth-order valence-corrected chi connectivity index (χ4v) is 4.37. The van der Waals surface area contributed by atoms with Gasteiger partial charge >= 0.3 is 0 Å². The van der Waals surface area contributed by atoms with Gasteiger partial charge in [0.15, 0.2) is 5.16 Å². The van der Waals surface area contributed by atoms with Crippen LogP contribution in [0, 0.1) is 0 Å². The van der Waals surface area contributed by atoms with Crippen molar-refractivity contribution in [1.82, 2.24) is 20.5 Å². The maximum Gasteiger partial charge on any atom is 0.183 e. The lowest BCUT2D eigenvalue weighted by atomic mass is 9.97. The van der Waals surface area contributed by atoms with E-state index in [9.17, 15) is 0 Å². The second-order valence-electron chi connectivity index (χ2n) is 6.02. The van der Waals surface area contributed by atoms with Crippen molar-refractivity contribution < 1.29 is 0 Å². The molecule has 0 aliphatic heterocycles. The Morgan fingerprint density at radius 1 is 1.10 bits per heavy atom. The van der Waals surface area contributed by atoms with Crippen LogP contribution in [0.4, 0.5) is 0 Å². The second-order valence-corrected chi connectivity index (χ2v) is 7.24. The van der Waals surface area contributed by atoms with Crippen molar-refractivity contribution in [1.29, 1.82) is 0 Å². The van der Waals surface area contributed by atoms with E-state index >= 15 is 0 Å². The molecular weight excluding hydrogens is 280 g/mol. The zero-order valence-corrected chi connectivity index (χ0v) is 14.1. The van der Waals surface area contributed by atoms with E-state index < -0.39 is 0 Å². The lowest BCUT2D eigenvalue weighted by Crippen LogP contribution is -2.38. The normalized spacial score (nSPS) is 26.0. The van der Waals surface area contributed by atoms with E-state index in [1.807, 2.05) is 11.8 Å². The first-order valence-electron chi connectivity index (χ1n) is 8.65. The van der Waals surface area contributed by atoms with Gasteiger partial charge in [-0.05, 0) is 19.4 Å². The molecule has 4 nitrogen and oxygen atoms in total. The second kappa shape index (κ2) is 10.2. The van der Waals surface area contributed by atoms with Crippen LogP contribution in [0.15, 0.2) is 11.5 Å². The maximum absolute atomic E-state index is 4.30. The average Bonchev–Trinajstić information content (AvgIpc) is 2.98. The summed E-state index contributed by atoms with van der Waals surface area (Å²) in [6.45, 7) is 3.27. The van der Waals surface area contributed by atoms with Crippen molar-refractivity contribution in [3.63, 3.8) is 0 Å². The van der Waals surface area contributed by atoms with E-state index in [0.29, 0.717) is 11.3 Å². The van der Waals surface area contributed by atoms with Crippen molar-refractivity contribution >= 4 is 11.8 Å². The molecule has 0 aromatic carbocycles. The molecule has 0 radical (unpaired) electrons. The van der Waals surface area contributed by atoms with Gasteiger partial charge in [0, 0.05) is 11.3 Å². The molecule has 0 spiro atoms. The molecule has 2 unspecified atom stereocenters. The SMILES string of the molecule is CCNC1CCCCCCCCCCC1Sc1ncn[nH]1. The first-order chi connectivity index (χ1) is 10.4.